The van der Waals surface area contributed by atoms with Gasteiger partial charge in [-0.1, -0.05) is 29.0 Å². The Kier molecular flexibility index (Phi) is 4.45. The fourth-order valence-corrected chi connectivity index (χ4v) is 2.80. The SMILES string of the molecule is C=C(Nc1nc(C(C)(F)F)c(Cl)s1)OC1=CCCC=C1. The summed E-state index contributed by atoms with van der Waals surface area (Å²) in [4.78, 5) is 3.76. The third-order valence-electron chi connectivity index (χ3n) is 2.45. The first-order valence-corrected chi connectivity index (χ1v) is 7.11. The molecule has 0 aliphatic heterocycles. The summed E-state index contributed by atoms with van der Waals surface area (Å²) in [5.74, 6) is -2.21. The molecule has 0 bridgehead atoms. The summed E-state index contributed by atoms with van der Waals surface area (Å²) in [6, 6.07) is 0. The van der Waals surface area contributed by atoms with Crippen molar-refractivity contribution in [3.63, 3.8) is 0 Å². The summed E-state index contributed by atoms with van der Waals surface area (Å²) in [5.41, 5.74) is -0.448. The number of rotatable bonds is 5. The van der Waals surface area contributed by atoms with Gasteiger partial charge in [0, 0.05) is 6.92 Å². The summed E-state index contributed by atoms with van der Waals surface area (Å²) in [5, 5.41) is 2.94. The molecule has 0 amide bonds. The minimum absolute atomic E-state index is 0.0513. The van der Waals surface area contributed by atoms with E-state index in [1.807, 2.05) is 18.2 Å². The minimum atomic E-state index is -3.08. The van der Waals surface area contributed by atoms with Crippen molar-refractivity contribution in [1.29, 1.82) is 0 Å². The maximum Gasteiger partial charge on any atom is 0.289 e. The van der Waals surface area contributed by atoms with Gasteiger partial charge in [-0.25, -0.2) is 4.98 Å². The molecule has 0 spiro atoms. The number of nitrogens with zero attached hydrogens (tertiary/aromatic N) is 1. The van der Waals surface area contributed by atoms with Crippen molar-refractivity contribution in [2.75, 3.05) is 5.32 Å². The first-order chi connectivity index (χ1) is 9.36. The Morgan fingerprint density at radius 2 is 2.30 bits per heavy atom. The van der Waals surface area contributed by atoms with Crippen molar-refractivity contribution >= 4 is 28.1 Å². The topological polar surface area (TPSA) is 34.2 Å². The standard InChI is InChI=1S/C13H13ClF2N2OS/c1-8(19-9-6-4-3-5-7-9)17-12-18-10(11(14)20-12)13(2,15)16/h4,6-7H,1,3,5H2,2H3,(H,17,18). The molecule has 1 N–H and O–H groups in total. The second kappa shape index (κ2) is 5.93. The molecule has 1 aliphatic rings. The first-order valence-electron chi connectivity index (χ1n) is 5.91. The number of aromatic nitrogens is 1. The van der Waals surface area contributed by atoms with Crippen LogP contribution >= 0.6 is 22.9 Å². The van der Waals surface area contributed by atoms with Crippen LogP contribution in [0.15, 0.2) is 36.4 Å². The smallest absolute Gasteiger partial charge is 0.289 e. The van der Waals surface area contributed by atoms with Crippen molar-refractivity contribution in [2.45, 2.75) is 25.7 Å². The van der Waals surface area contributed by atoms with Gasteiger partial charge in [-0.05, 0) is 31.6 Å². The third-order valence-corrected chi connectivity index (χ3v) is 3.62. The van der Waals surface area contributed by atoms with Gasteiger partial charge in [-0.3, -0.25) is 0 Å². The maximum atomic E-state index is 13.2. The quantitative estimate of drug-likeness (QED) is 0.772. The molecule has 108 valence electrons. The lowest BCUT2D eigenvalue weighted by Crippen LogP contribution is -2.09. The van der Waals surface area contributed by atoms with Gasteiger partial charge < -0.3 is 10.1 Å². The number of alkyl halides is 2. The van der Waals surface area contributed by atoms with E-state index in [1.54, 1.807) is 0 Å². The van der Waals surface area contributed by atoms with Gasteiger partial charge in [0.25, 0.3) is 5.92 Å². The number of thiazole rings is 1. The van der Waals surface area contributed by atoms with Gasteiger partial charge in [0.05, 0.1) is 0 Å². The summed E-state index contributed by atoms with van der Waals surface area (Å²) in [6.45, 7) is 4.42. The molecule has 1 heterocycles. The summed E-state index contributed by atoms with van der Waals surface area (Å²) in [7, 11) is 0. The van der Waals surface area contributed by atoms with Crippen LogP contribution in [0.2, 0.25) is 4.34 Å². The molecule has 1 aromatic rings. The number of nitrogens with one attached hydrogen (secondary N) is 1. The maximum absolute atomic E-state index is 13.2. The zero-order valence-electron chi connectivity index (χ0n) is 10.8. The van der Waals surface area contributed by atoms with Crippen LogP contribution in [0.25, 0.3) is 0 Å². The molecule has 20 heavy (non-hydrogen) atoms. The van der Waals surface area contributed by atoms with E-state index in [0.717, 1.165) is 31.1 Å². The third kappa shape index (κ3) is 3.80. The average Bonchev–Trinajstić information content (AvgIpc) is 2.71. The van der Waals surface area contributed by atoms with Crippen molar-refractivity contribution in [3.8, 4) is 0 Å². The summed E-state index contributed by atoms with van der Waals surface area (Å²) in [6.07, 6.45) is 7.61. The van der Waals surface area contributed by atoms with Gasteiger partial charge in [0.15, 0.2) is 11.0 Å². The molecule has 1 aromatic heterocycles. The second-order valence-corrected chi connectivity index (χ2v) is 5.87. The lowest BCUT2D eigenvalue weighted by Gasteiger charge is -2.11. The van der Waals surface area contributed by atoms with Crippen LogP contribution in [0.1, 0.15) is 25.5 Å². The van der Waals surface area contributed by atoms with Crippen LogP contribution in [-0.2, 0) is 10.7 Å². The van der Waals surface area contributed by atoms with Crippen LogP contribution in [0.4, 0.5) is 13.9 Å². The Balaban J connectivity index is 2.01. The van der Waals surface area contributed by atoms with Gasteiger partial charge >= 0.3 is 0 Å². The number of hydrogen-bond donors (Lipinski definition) is 1. The minimum Gasteiger partial charge on any atom is -0.442 e. The van der Waals surface area contributed by atoms with E-state index >= 15 is 0 Å². The predicted molar refractivity (Wildman–Crippen MR) is 77.0 cm³/mol. The Bertz CT molecular complexity index is 575. The van der Waals surface area contributed by atoms with Crippen LogP contribution in [0, 0.1) is 0 Å². The van der Waals surface area contributed by atoms with Crippen molar-refractivity contribution in [3.05, 3.63) is 46.5 Å². The van der Waals surface area contributed by atoms with Gasteiger partial charge in [0.1, 0.15) is 15.8 Å². The highest BCUT2D eigenvalue weighted by Crippen LogP contribution is 2.38. The number of halogens is 3. The Morgan fingerprint density at radius 3 is 2.85 bits per heavy atom. The molecule has 0 radical (unpaired) electrons. The van der Waals surface area contributed by atoms with Gasteiger partial charge in [-0.2, -0.15) is 8.78 Å². The summed E-state index contributed by atoms with van der Waals surface area (Å²) < 4.78 is 31.8. The van der Waals surface area contributed by atoms with Gasteiger partial charge in [-0.15, -0.1) is 0 Å². The van der Waals surface area contributed by atoms with Crippen LogP contribution < -0.4 is 5.32 Å². The molecule has 0 saturated heterocycles. The van der Waals surface area contributed by atoms with E-state index < -0.39 is 11.6 Å². The fourth-order valence-electron chi connectivity index (χ4n) is 1.58. The van der Waals surface area contributed by atoms with Crippen LogP contribution in [0.5, 0.6) is 0 Å². The van der Waals surface area contributed by atoms with Crippen molar-refractivity contribution < 1.29 is 13.5 Å². The van der Waals surface area contributed by atoms with E-state index in [-0.39, 0.29) is 15.4 Å². The molecule has 7 heteroatoms. The highest BCUT2D eigenvalue weighted by molar-refractivity contribution is 7.19. The van der Waals surface area contributed by atoms with E-state index in [9.17, 15) is 8.78 Å². The molecule has 0 atom stereocenters. The van der Waals surface area contributed by atoms with E-state index in [2.05, 4.69) is 16.9 Å². The highest BCUT2D eigenvalue weighted by Gasteiger charge is 2.31. The molecule has 0 saturated carbocycles. The second-order valence-electron chi connectivity index (χ2n) is 4.27. The molecule has 2 rings (SSSR count). The lowest BCUT2D eigenvalue weighted by atomic mass is 10.2. The molecule has 0 unspecified atom stereocenters. The van der Waals surface area contributed by atoms with E-state index in [1.165, 1.54) is 0 Å². The van der Waals surface area contributed by atoms with Crippen LogP contribution in [0.3, 0.4) is 0 Å². The van der Waals surface area contributed by atoms with E-state index in [4.69, 9.17) is 16.3 Å². The Morgan fingerprint density at radius 1 is 1.55 bits per heavy atom. The Hall–Kier alpha value is -1.40. The zero-order chi connectivity index (χ0) is 14.8. The van der Waals surface area contributed by atoms with Gasteiger partial charge in [0.2, 0.25) is 0 Å². The molecule has 1 aliphatic carbocycles. The lowest BCUT2D eigenvalue weighted by molar-refractivity contribution is 0.0136. The number of hydrogen-bond acceptors (Lipinski definition) is 4. The normalized spacial score (nSPS) is 14.9. The highest BCUT2D eigenvalue weighted by atomic mass is 35.5. The fraction of sp³-hybridized carbons (Fsp3) is 0.308. The average molecular weight is 319 g/mol. The Labute approximate surface area is 124 Å². The largest absolute Gasteiger partial charge is 0.442 e. The zero-order valence-corrected chi connectivity index (χ0v) is 12.3. The number of ether oxygens (including phenoxy) is 1. The van der Waals surface area contributed by atoms with Crippen LogP contribution in [-0.4, -0.2) is 4.98 Å². The molecular formula is C13H13ClF2N2OS. The monoisotopic (exact) mass is 318 g/mol. The summed E-state index contributed by atoms with van der Waals surface area (Å²) >= 11 is 6.66. The molecule has 0 fully saturated rings. The van der Waals surface area contributed by atoms with E-state index in [0.29, 0.717) is 5.76 Å². The molecule has 0 aromatic carbocycles. The van der Waals surface area contributed by atoms with Crippen molar-refractivity contribution in [2.24, 2.45) is 0 Å². The first kappa shape index (κ1) is 15.0. The van der Waals surface area contributed by atoms with Crippen molar-refractivity contribution in [1.82, 2.24) is 4.98 Å². The predicted octanol–water partition coefficient (Wildman–Crippen LogP) is 5.04. The molecule has 3 nitrogen and oxygen atoms in total. The number of anilines is 1. The molecular weight excluding hydrogens is 306 g/mol. The number of allylic oxidation sites excluding steroid dienone is 3.